The van der Waals surface area contributed by atoms with Crippen LogP contribution in [0.2, 0.25) is 0 Å². The Morgan fingerprint density at radius 2 is 2.11 bits per heavy atom. The van der Waals surface area contributed by atoms with E-state index in [1.165, 1.54) is 0 Å². The fourth-order valence-corrected chi connectivity index (χ4v) is 2.42. The lowest BCUT2D eigenvalue weighted by molar-refractivity contribution is -0.147. The molecule has 0 amide bonds. The first-order chi connectivity index (χ1) is 8.45. The van der Waals surface area contributed by atoms with Crippen LogP contribution in [0, 0.1) is 5.92 Å². The summed E-state index contributed by atoms with van der Waals surface area (Å²) in [5.41, 5.74) is -0.139. The number of fused-ring (bicyclic) bond motifs is 1. The molecular weight excluding hydrogens is 228 g/mol. The highest BCUT2D eigenvalue weighted by molar-refractivity contribution is 5.83. The molecule has 1 atom stereocenters. The number of hydrogen-bond acceptors (Lipinski definition) is 2. The Bertz CT molecular complexity index is 574. The summed E-state index contributed by atoms with van der Waals surface area (Å²) in [5.74, 6) is -0.556. The number of carboxylic acids is 1. The smallest absolute Gasteiger partial charge is 0.331 e. The van der Waals surface area contributed by atoms with Crippen molar-refractivity contribution in [2.45, 2.75) is 32.7 Å². The van der Waals surface area contributed by atoms with E-state index in [-0.39, 0.29) is 5.92 Å². The van der Waals surface area contributed by atoms with Crippen LogP contribution in [0.4, 0.5) is 0 Å². The molecule has 1 heterocycles. The molecule has 1 unspecified atom stereocenters. The molecule has 0 aliphatic heterocycles. The summed E-state index contributed by atoms with van der Waals surface area (Å²) < 4.78 is 1.63. The van der Waals surface area contributed by atoms with Crippen LogP contribution < -0.4 is 0 Å². The molecule has 0 bridgehead atoms. The van der Waals surface area contributed by atoms with Crippen LogP contribution in [-0.4, -0.2) is 20.9 Å². The van der Waals surface area contributed by atoms with Gasteiger partial charge in [-0.05, 0) is 25.3 Å². The van der Waals surface area contributed by atoms with Crippen molar-refractivity contribution in [3.63, 3.8) is 0 Å². The van der Waals surface area contributed by atoms with Gasteiger partial charge in [0.05, 0.1) is 11.7 Å². The zero-order valence-corrected chi connectivity index (χ0v) is 10.9. The van der Waals surface area contributed by atoms with E-state index in [9.17, 15) is 9.90 Å². The summed E-state index contributed by atoms with van der Waals surface area (Å²) in [7, 11) is 0. The summed E-state index contributed by atoms with van der Waals surface area (Å²) in [6.07, 6.45) is 2.27. The van der Waals surface area contributed by atoms with Gasteiger partial charge in [0.15, 0.2) is 5.54 Å². The zero-order valence-electron chi connectivity index (χ0n) is 10.9. The molecule has 0 spiro atoms. The van der Waals surface area contributed by atoms with Crippen molar-refractivity contribution in [1.29, 1.82) is 0 Å². The number of nitrogens with zero attached hydrogens (tertiary/aromatic N) is 2. The number of carbonyl (C=O) groups is 1. The van der Waals surface area contributed by atoms with Gasteiger partial charge in [-0.1, -0.05) is 32.0 Å². The van der Waals surface area contributed by atoms with Crippen molar-refractivity contribution in [3.05, 3.63) is 30.5 Å². The molecule has 0 fully saturated rings. The van der Waals surface area contributed by atoms with Crippen LogP contribution >= 0.6 is 0 Å². The first-order valence-corrected chi connectivity index (χ1v) is 6.12. The van der Waals surface area contributed by atoms with Gasteiger partial charge in [-0.2, -0.15) is 5.10 Å². The molecule has 1 N–H and O–H groups in total. The third-order valence-corrected chi connectivity index (χ3v) is 3.21. The molecule has 1 aromatic carbocycles. The lowest BCUT2D eigenvalue weighted by Crippen LogP contribution is -2.40. The number of hydrogen-bond donors (Lipinski definition) is 1. The normalized spacial score (nSPS) is 14.9. The fraction of sp³-hybridized carbons (Fsp3) is 0.429. The number of carboxylic acid groups (broad SMARTS) is 1. The minimum Gasteiger partial charge on any atom is -0.479 e. The highest BCUT2D eigenvalue weighted by Gasteiger charge is 2.37. The predicted molar refractivity (Wildman–Crippen MR) is 70.5 cm³/mol. The molecule has 18 heavy (non-hydrogen) atoms. The van der Waals surface area contributed by atoms with E-state index < -0.39 is 11.5 Å². The van der Waals surface area contributed by atoms with E-state index in [0.29, 0.717) is 6.42 Å². The van der Waals surface area contributed by atoms with Gasteiger partial charge in [-0.25, -0.2) is 9.48 Å². The molecule has 0 saturated heterocycles. The fourth-order valence-electron chi connectivity index (χ4n) is 2.42. The van der Waals surface area contributed by atoms with Gasteiger partial charge in [0.1, 0.15) is 0 Å². The van der Waals surface area contributed by atoms with Gasteiger partial charge < -0.3 is 5.11 Å². The Balaban J connectivity index is 2.58. The minimum absolute atomic E-state index is 0.286. The van der Waals surface area contributed by atoms with Crippen LogP contribution in [0.5, 0.6) is 0 Å². The molecule has 4 heteroatoms. The van der Waals surface area contributed by atoms with Crippen molar-refractivity contribution in [2.75, 3.05) is 0 Å². The maximum absolute atomic E-state index is 11.6. The molecule has 0 aliphatic rings. The SMILES string of the molecule is CC(C)CC(C)(C(=O)O)n1ncc2ccccc21. The van der Waals surface area contributed by atoms with Crippen LogP contribution in [0.3, 0.4) is 0 Å². The van der Waals surface area contributed by atoms with Crippen LogP contribution in [-0.2, 0) is 10.3 Å². The third kappa shape index (κ3) is 1.98. The second-order valence-corrected chi connectivity index (χ2v) is 5.29. The second kappa shape index (κ2) is 4.44. The van der Waals surface area contributed by atoms with E-state index in [4.69, 9.17) is 0 Å². The average molecular weight is 246 g/mol. The lowest BCUT2D eigenvalue weighted by atomic mass is 9.90. The van der Waals surface area contributed by atoms with Gasteiger partial charge in [0, 0.05) is 5.39 Å². The number of aromatic nitrogens is 2. The highest BCUT2D eigenvalue weighted by atomic mass is 16.4. The molecule has 0 radical (unpaired) electrons. The third-order valence-electron chi connectivity index (χ3n) is 3.21. The van der Waals surface area contributed by atoms with Crippen molar-refractivity contribution < 1.29 is 9.90 Å². The van der Waals surface area contributed by atoms with Gasteiger partial charge in [-0.15, -0.1) is 0 Å². The molecule has 2 rings (SSSR count). The molecule has 96 valence electrons. The highest BCUT2D eigenvalue weighted by Crippen LogP contribution is 2.28. The molecule has 0 aliphatic carbocycles. The van der Waals surface area contributed by atoms with Gasteiger partial charge >= 0.3 is 5.97 Å². The Hall–Kier alpha value is -1.84. The first-order valence-electron chi connectivity index (χ1n) is 6.12. The number of aliphatic carboxylic acids is 1. The average Bonchev–Trinajstić information content (AvgIpc) is 2.71. The van der Waals surface area contributed by atoms with E-state index >= 15 is 0 Å². The first kappa shape index (κ1) is 12.6. The van der Waals surface area contributed by atoms with Gasteiger partial charge in [-0.3, -0.25) is 0 Å². The largest absolute Gasteiger partial charge is 0.479 e. The Labute approximate surface area is 106 Å². The summed E-state index contributed by atoms with van der Waals surface area (Å²) >= 11 is 0. The quantitative estimate of drug-likeness (QED) is 0.902. The standard InChI is InChI=1S/C14H18N2O2/c1-10(2)8-14(3,13(17)18)16-12-7-5-4-6-11(12)9-15-16/h4-7,9-10H,8H2,1-3H3,(H,17,18). The van der Waals surface area contributed by atoms with Crippen molar-refractivity contribution in [1.82, 2.24) is 9.78 Å². The van der Waals surface area contributed by atoms with E-state index in [0.717, 1.165) is 10.9 Å². The lowest BCUT2D eigenvalue weighted by Gasteiger charge is -2.28. The maximum atomic E-state index is 11.6. The van der Waals surface area contributed by atoms with E-state index in [1.807, 2.05) is 38.1 Å². The number of rotatable bonds is 4. The van der Waals surface area contributed by atoms with Crippen molar-refractivity contribution >= 4 is 16.9 Å². The van der Waals surface area contributed by atoms with Crippen LogP contribution in [0.15, 0.2) is 30.5 Å². The Morgan fingerprint density at radius 1 is 1.44 bits per heavy atom. The summed E-state index contributed by atoms with van der Waals surface area (Å²) in [5, 5.41) is 14.8. The molecule has 2 aromatic rings. The number of para-hydroxylation sites is 1. The topological polar surface area (TPSA) is 55.1 Å². The second-order valence-electron chi connectivity index (χ2n) is 5.29. The summed E-state index contributed by atoms with van der Waals surface area (Å²) in [6, 6.07) is 7.67. The van der Waals surface area contributed by atoms with Gasteiger partial charge in [0.2, 0.25) is 0 Å². The van der Waals surface area contributed by atoms with E-state index in [1.54, 1.807) is 17.8 Å². The van der Waals surface area contributed by atoms with Crippen molar-refractivity contribution in [3.8, 4) is 0 Å². The zero-order chi connectivity index (χ0) is 13.3. The summed E-state index contributed by atoms with van der Waals surface area (Å²) in [6.45, 7) is 5.77. The summed E-state index contributed by atoms with van der Waals surface area (Å²) in [4.78, 5) is 11.6. The Morgan fingerprint density at radius 3 is 2.72 bits per heavy atom. The molecule has 0 saturated carbocycles. The number of benzene rings is 1. The van der Waals surface area contributed by atoms with Crippen molar-refractivity contribution in [2.24, 2.45) is 5.92 Å². The molecular formula is C14H18N2O2. The molecule has 4 nitrogen and oxygen atoms in total. The van der Waals surface area contributed by atoms with E-state index in [2.05, 4.69) is 5.10 Å². The Kier molecular flexibility index (Phi) is 3.11. The maximum Gasteiger partial charge on any atom is 0.331 e. The van der Waals surface area contributed by atoms with Gasteiger partial charge in [0.25, 0.3) is 0 Å². The van der Waals surface area contributed by atoms with Crippen LogP contribution in [0.1, 0.15) is 27.2 Å². The predicted octanol–water partition coefficient (Wildman–Crippen LogP) is 2.88. The monoisotopic (exact) mass is 246 g/mol. The van der Waals surface area contributed by atoms with Crippen LogP contribution in [0.25, 0.3) is 10.9 Å². The minimum atomic E-state index is -1.00. The molecule has 1 aromatic heterocycles.